The van der Waals surface area contributed by atoms with Gasteiger partial charge in [0, 0.05) is 17.7 Å². The SMILES string of the molecule is O=C(Cc1ccccc1)N/N=C\c1ccc(-c2ccc([N+](=O)[O-])cc2C(=O)O)o1. The van der Waals surface area contributed by atoms with Crippen molar-refractivity contribution in [2.24, 2.45) is 5.10 Å². The zero-order chi connectivity index (χ0) is 20.8. The highest BCUT2D eigenvalue weighted by Crippen LogP contribution is 2.28. The Bertz CT molecular complexity index is 1090. The third-order valence-electron chi connectivity index (χ3n) is 3.93. The maximum atomic E-state index is 11.9. The number of hydrogen-bond acceptors (Lipinski definition) is 6. The molecular weight excluding hydrogens is 378 g/mol. The van der Waals surface area contributed by atoms with Gasteiger partial charge in [-0.1, -0.05) is 30.3 Å². The molecule has 0 bridgehead atoms. The molecule has 0 spiro atoms. The van der Waals surface area contributed by atoms with Gasteiger partial charge in [-0.05, 0) is 23.8 Å². The number of rotatable bonds is 7. The van der Waals surface area contributed by atoms with Crippen molar-refractivity contribution in [1.82, 2.24) is 5.43 Å². The van der Waals surface area contributed by atoms with Crippen LogP contribution in [0, 0.1) is 10.1 Å². The molecule has 1 amide bonds. The summed E-state index contributed by atoms with van der Waals surface area (Å²) in [5.74, 6) is -1.14. The van der Waals surface area contributed by atoms with Crippen molar-refractivity contribution in [3.63, 3.8) is 0 Å². The number of nitro groups is 1. The number of carboxylic acid groups (broad SMARTS) is 1. The standard InChI is InChI=1S/C20H15N3O6/c24-19(10-13-4-2-1-3-5-13)22-21-12-15-7-9-18(29-15)16-8-6-14(23(27)28)11-17(16)20(25)26/h1-9,11-12H,10H2,(H,22,24)(H,25,26)/b21-12-. The molecule has 0 saturated heterocycles. The molecule has 0 aliphatic heterocycles. The zero-order valence-electron chi connectivity index (χ0n) is 14.9. The van der Waals surface area contributed by atoms with Gasteiger partial charge < -0.3 is 9.52 Å². The third-order valence-corrected chi connectivity index (χ3v) is 3.93. The average molecular weight is 393 g/mol. The van der Waals surface area contributed by atoms with Crippen molar-refractivity contribution in [1.29, 1.82) is 0 Å². The number of hydrogen-bond donors (Lipinski definition) is 2. The minimum atomic E-state index is -1.32. The normalized spacial score (nSPS) is 10.8. The van der Waals surface area contributed by atoms with Crippen molar-refractivity contribution in [2.75, 3.05) is 0 Å². The molecule has 1 aromatic heterocycles. The molecule has 0 aliphatic carbocycles. The van der Waals surface area contributed by atoms with Crippen molar-refractivity contribution < 1.29 is 24.0 Å². The van der Waals surface area contributed by atoms with Gasteiger partial charge >= 0.3 is 5.97 Å². The van der Waals surface area contributed by atoms with Crippen LogP contribution in [0.4, 0.5) is 5.69 Å². The number of hydrazone groups is 1. The summed E-state index contributed by atoms with van der Waals surface area (Å²) in [6.45, 7) is 0. The summed E-state index contributed by atoms with van der Waals surface area (Å²) >= 11 is 0. The second-order valence-electron chi connectivity index (χ2n) is 5.95. The first-order chi connectivity index (χ1) is 13.9. The van der Waals surface area contributed by atoms with Gasteiger partial charge in [-0.3, -0.25) is 14.9 Å². The Morgan fingerprint density at radius 3 is 2.59 bits per heavy atom. The third kappa shape index (κ3) is 4.92. The lowest BCUT2D eigenvalue weighted by molar-refractivity contribution is -0.384. The van der Waals surface area contributed by atoms with Crippen LogP contribution in [-0.4, -0.2) is 28.1 Å². The zero-order valence-corrected chi connectivity index (χ0v) is 14.9. The molecule has 0 atom stereocenters. The molecular formula is C20H15N3O6. The quantitative estimate of drug-likeness (QED) is 0.359. The van der Waals surface area contributed by atoms with E-state index in [-0.39, 0.29) is 40.7 Å². The maximum absolute atomic E-state index is 11.9. The minimum absolute atomic E-state index is 0.173. The molecule has 0 aliphatic rings. The fraction of sp³-hybridized carbons (Fsp3) is 0.0500. The largest absolute Gasteiger partial charge is 0.478 e. The Balaban J connectivity index is 1.71. The van der Waals surface area contributed by atoms with Crippen molar-refractivity contribution in [3.05, 3.63) is 87.7 Å². The van der Waals surface area contributed by atoms with Gasteiger partial charge in [0.25, 0.3) is 5.69 Å². The van der Waals surface area contributed by atoms with Crippen LogP contribution < -0.4 is 5.43 Å². The summed E-state index contributed by atoms with van der Waals surface area (Å²) in [6, 6.07) is 15.7. The molecule has 2 N–H and O–H groups in total. The van der Waals surface area contributed by atoms with E-state index in [4.69, 9.17) is 4.42 Å². The first kappa shape index (κ1) is 19.5. The van der Waals surface area contributed by atoms with Crippen LogP contribution in [-0.2, 0) is 11.2 Å². The Kier molecular flexibility index (Phi) is 5.79. The van der Waals surface area contributed by atoms with E-state index in [0.717, 1.165) is 11.6 Å². The molecule has 0 saturated carbocycles. The van der Waals surface area contributed by atoms with Gasteiger partial charge in [-0.15, -0.1) is 0 Å². The number of carboxylic acids is 1. The van der Waals surface area contributed by atoms with Gasteiger partial charge in [0.15, 0.2) is 0 Å². The fourth-order valence-corrected chi connectivity index (χ4v) is 2.59. The topological polar surface area (TPSA) is 135 Å². The van der Waals surface area contributed by atoms with E-state index in [9.17, 15) is 24.8 Å². The van der Waals surface area contributed by atoms with Crippen molar-refractivity contribution in [3.8, 4) is 11.3 Å². The lowest BCUT2D eigenvalue weighted by Crippen LogP contribution is -2.19. The number of benzene rings is 2. The Hall–Kier alpha value is -4.27. The van der Waals surface area contributed by atoms with Crippen LogP contribution in [0.3, 0.4) is 0 Å². The monoisotopic (exact) mass is 393 g/mol. The number of non-ortho nitro benzene ring substituents is 1. The van der Waals surface area contributed by atoms with Gasteiger partial charge in [-0.25, -0.2) is 10.2 Å². The first-order valence-corrected chi connectivity index (χ1v) is 8.42. The number of furan rings is 1. The lowest BCUT2D eigenvalue weighted by atomic mass is 10.0. The van der Waals surface area contributed by atoms with Gasteiger partial charge in [0.2, 0.25) is 5.91 Å². The molecule has 9 nitrogen and oxygen atoms in total. The number of carbonyl (C=O) groups excluding carboxylic acids is 1. The van der Waals surface area contributed by atoms with E-state index in [1.54, 1.807) is 0 Å². The van der Waals surface area contributed by atoms with Crippen LogP contribution >= 0.6 is 0 Å². The van der Waals surface area contributed by atoms with E-state index in [1.165, 1.54) is 30.5 Å². The molecule has 3 aromatic rings. The summed E-state index contributed by atoms with van der Waals surface area (Å²) < 4.78 is 5.53. The van der Waals surface area contributed by atoms with E-state index < -0.39 is 10.9 Å². The summed E-state index contributed by atoms with van der Waals surface area (Å²) in [6.07, 6.45) is 1.45. The maximum Gasteiger partial charge on any atom is 0.336 e. The van der Waals surface area contributed by atoms with Crippen LogP contribution in [0.1, 0.15) is 21.7 Å². The van der Waals surface area contributed by atoms with Crippen LogP contribution in [0.5, 0.6) is 0 Å². The van der Waals surface area contributed by atoms with E-state index >= 15 is 0 Å². The molecule has 0 fully saturated rings. The highest BCUT2D eigenvalue weighted by Gasteiger charge is 2.19. The van der Waals surface area contributed by atoms with Crippen molar-refractivity contribution in [2.45, 2.75) is 6.42 Å². The molecule has 2 aromatic carbocycles. The lowest BCUT2D eigenvalue weighted by Gasteiger charge is -2.03. The second kappa shape index (κ2) is 8.61. The van der Waals surface area contributed by atoms with E-state index in [0.29, 0.717) is 0 Å². The van der Waals surface area contributed by atoms with Crippen LogP contribution in [0.15, 0.2) is 70.2 Å². The van der Waals surface area contributed by atoms with E-state index in [1.807, 2.05) is 30.3 Å². The van der Waals surface area contributed by atoms with Gasteiger partial charge in [-0.2, -0.15) is 5.10 Å². The number of nitro benzene ring substituents is 1. The van der Waals surface area contributed by atoms with Crippen LogP contribution in [0.25, 0.3) is 11.3 Å². The molecule has 0 unspecified atom stereocenters. The predicted octanol–water partition coefficient (Wildman–Crippen LogP) is 3.25. The minimum Gasteiger partial charge on any atom is -0.478 e. The van der Waals surface area contributed by atoms with Gasteiger partial charge in [0.1, 0.15) is 11.5 Å². The number of nitrogens with one attached hydrogen (secondary N) is 1. The number of amides is 1. The molecule has 29 heavy (non-hydrogen) atoms. The van der Waals surface area contributed by atoms with Crippen molar-refractivity contribution >= 4 is 23.8 Å². The number of carbonyl (C=O) groups is 2. The van der Waals surface area contributed by atoms with Crippen LogP contribution in [0.2, 0.25) is 0 Å². The number of aromatic carboxylic acids is 1. The fourth-order valence-electron chi connectivity index (χ4n) is 2.59. The predicted molar refractivity (Wildman–Crippen MR) is 104 cm³/mol. The Morgan fingerprint density at radius 1 is 1.14 bits per heavy atom. The molecule has 3 rings (SSSR count). The summed E-state index contributed by atoms with van der Waals surface area (Å²) in [5, 5.41) is 24.0. The highest BCUT2D eigenvalue weighted by molar-refractivity contribution is 5.96. The Labute approximate surface area is 164 Å². The highest BCUT2D eigenvalue weighted by atomic mass is 16.6. The molecule has 0 radical (unpaired) electrons. The first-order valence-electron chi connectivity index (χ1n) is 8.42. The van der Waals surface area contributed by atoms with E-state index in [2.05, 4.69) is 10.5 Å². The summed E-state index contributed by atoms with van der Waals surface area (Å²) in [4.78, 5) is 33.5. The Morgan fingerprint density at radius 2 is 1.90 bits per heavy atom. The smallest absolute Gasteiger partial charge is 0.336 e. The second-order valence-corrected chi connectivity index (χ2v) is 5.95. The molecule has 146 valence electrons. The number of nitrogens with zero attached hydrogens (tertiary/aromatic N) is 2. The summed E-state index contributed by atoms with van der Waals surface area (Å²) in [7, 11) is 0. The molecule has 1 heterocycles. The molecule has 9 heteroatoms. The summed E-state index contributed by atoms with van der Waals surface area (Å²) in [5.41, 5.74) is 2.83. The van der Waals surface area contributed by atoms with Gasteiger partial charge in [0.05, 0.1) is 23.1 Å². The average Bonchev–Trinajstić information content (AvgIpc) is 3.17.